The molecule has 0 amide bonds. The van der Waals surface area contributed by atoms with Gasteiger partial charge in [-0.2, -0.15) is 5.10 Å². The molecule has 2 aliphatic heterocycles. The second-order valence-corrected chi connectivity index (χ2v) is 7.25. The molecular formula is C19H28N6O. The Bertz CT molecular complexity index is 639. The molecule has 0 saturated carbocycles. The summed E-state index contributed by atoms with van der Waals surface area (Å²) >= 11 is 0. The summed E-state index contributed by atoms with van der Waals surface area (Å²) in [6.45, 7) is 6.82. The summed E-state index contributed by atoms with van der Waals surface area (Å²) in [6.07, 6.45) is 5.32. The monoisotopic (exact) mass is 356 g/mol. The van der Waals surface area contributed by atoms with E-state index in [4.69, 9.17) is 9.72 Å². The van der Waals surface area contributed by atoms with Gasteiger partial charge in [0, 0.05) is 31.4 Å². The Kier molecular flexibility index (Phi) is 5.78. The molecule has 4 rings (SSSR count). The zero-order chi connectivity index (χ0) is 17.6. The Morgan fingerprint density at radius 2 is 2.19 bits per heavy atom. The third kappa shape index (κ3) is 4.81. The highest BCUT2D eigenvalue weighted by atomic mass is 16.5. The number of ether oxygens (including phenoxy) is 1. The van der Waals surface area contributed by atoms with Crippen LogP contribution in [0.4, 0.5) is 11.6 Å². The van der Waals surface area contributed by atoms with E-state index in [0.717, 1.165) is 64.0 Å². The van der Waals surface area contributed by atoms with E-state index in [1.807, 2.05) is 6.07 Å². The van der Waals surface area contributed by atoms with Gasteiger partial charge in [0.2, 0.25) is 0 Å². The van der Waals surface area contributed by atoms with Crippen LogP contribution >= 0.6 is 0 Å². The van der Waals surface area contributed by atoms with Crippen LogP contribution < -0.4 is 10.6 Å². The number of hydrogen-bond donors (Lipinski definition) is 3. The molecule has 0 bridgehead atoms. The quantitative estimate of drug-likeness (QED) is 0.734. The molecule has 1 atom stereocenters. The van der Waals surface area contributed by atoms with E-state index in [2.05, 4.69) is 37.9 Å². The number of aromatic nitrogens is 3. The predicted octanol–water partition coefficient (Wildman–Crippen LogP) is 1.92. The average Bonchev–Trinajstić information content (AvgIpc) is 3.16. The van der Waals surface area contributed by atoms with Gasteiger partial charge in [-0.25, -0.2) is 4.98 Å². The van der Waals surface area contributed by atoms with Gasteiger partial charge in [0.15, 0.2) is 0 Å². The lowest BCUT2D eigenvalue weighted by Crippen LogP contribution is -2.35. The minimum Gasteiger partial charge on any atom is -0.379 e. The Balaban J connectivity index is 1.51. The normalized spacial score (nSPS) is 21.6. The highest BCUT2D eigenvalue weighted by Gasteiger charge is 2.17. The minimum atomic E-state index is 0.676. The fourth-order valence-electron chi connectivity index (χ4n) is 3.79. The molecule has 0 aliphatic carbocycles. The van der Waals surface area contributed by atoms with Gasteiger partial charge < -0.3 is 15.4 Å². The fraction of sp³-hybridized carbons (Fsp3) is 0.579. The number of pyridine rings is 1. The molecule has 2 saturated heterocycles. The van der Waals surface area contributed by atoms with Crippen molar-refractivity contribution in [2.75, 3.05) is 44.7 Å². The SMILES string of the molecule is c1cc(Nc2cc(CN3CCOCC3)cc(C[C@H]3CCCNC3)n2)[nH]n1. The van der Waals surface area contributed by atoms with Crippen LogP contribution in [0.2, 0.25) is 0 Å². The maximum Gasteiger partial charge on any atom is 0.132 e. The van der Waals surface area contributed by atoms with Crippen LogP contribution in [0.1, 0.15) is 24.1 Å². The van der Waals surface area contributed by atoms with Crippen LogP contribution in [-0.2, 0) is 17.7 Å². The summed E-state index contributed by atoms with van der Waals surface area (Å²) in [6, 6.07) is 6.35. The van der Waals surface area contributed by atoms with Gasteiger partial charge >= 0.3 is 0 Å². The molecule has 4 heterocycles. The number of piperidine rings is 1. The maximum absolute atomic E-state index is 5.47. The molecule has 2 aromatic heterocycles. The van der Waals surface area contributed by atoms with Crippen molar-refractivity contribution < 1.29 is 4.74 Å². The second kappa shape index (κ2) is 8.62. The van der Waals surface area contributed by atoms with E-state index in [0.29, 0.717) is 5.92 Å². The second-order valence-electron chi connectivity index (χ2n) is 7.25. The van der Waals surface area contributed by atoms with Crippen LogP contribution in [0.3, 0.4) is 0 Å². The number of nitrogens with one attached hydrogen (secondary N) is 3. The standard InChI is InChI=1S/C19H28N6O/c1-2-15(13-20-4-1)10-17-11-16(14-25-6-8-26-9-7-25)12-19(22-17)23-18-3-5-21-24-18/h3,5,11-12,15,20H,1-2,4,6-10,13-14H2,(H2,21,22,23,24)/t15-/m1/s1. The Morgan fingerprint density at radius 3 is 2.96 bits per heavy atom. The number of anilines is 2. The number of morpholine rings is 1. The van der Waals surface area contributed by atoms with Gasteiger partial charge in [-0.1, -0.05) is 0 Å². The third-order valence-electron chi connectivity index (χ3n) is 5.11. The molecule has 140 valence electrons. The smallest absolute Gasteiger partial charge is 0.132 e. The van der Waals surface area contributed by atoms with Crippen molar-refractivity contribution in [2.45, 2.75) is 25.8 Å². The largest absolute Gasteiger partial charge is 0.379 e. The van der Waals surface area contributed by atoms with Crippen molar-refractivity contribution in [3.8, 4) is 0 Å². The van der Waals surface area contributed by atoms with E-state index < -0.39 is 0 Å². The van der Waals surface area contributed by atoms with E-state index >= 15 is 0 Å². The zero-order valence-corrected chi connectivity index (χ0v) is 15.2. The summed E-state index contributed by atoms with van der Waals surface area (Å²) < 4.78 is 5.47. The van der Waals surface area contributed by atoms with Crippen molar-refractivity contribution in [3.05, 3.63) is 35.7 Å². The first-order valence-corrected chi connectivity index (χ1v) is 9.62. The van der Waals surface area contributed by atoms with Crippen LogP contribution in [0.15, 0.2) is 24.4 Å². The molecule has 7 heteroatoms. The fourth-order valence-corrected chi connectivity index (χ4v) is 3.79. The first-order chi connectivity index (χ1) is 12.8. The Labute approximate surface area is 154 Å². The predicted molar refractivity (Wildman–Crippen MR) is 102 cm³/mol. The van der Waals surface area contributed by atoms with Crippen molar-refractivity contribution in [2.24, 2.45) is 5.92 Å². The summed E-state index contributed by atoms with van der Waals surface area (Å²) in [5, 5.41) is 13.8. The van der Waals surface area contributed by atoms with Crippen molar-refractivity contribution >= 4 is 11.6 Å². The van der Waals surface area contributed by atoms with Gasteiger partial charge in [0.05, 0.1) is 19.4 Å². The van der Waals surface area contributed by atoms with E-state index in [-0.39, 0.29) is 0 Å². The summed E-state index contributed by atoms with van der Waals surface area (Å²) in [5.41, 5.74) is 2.48. The van der Waals surface area contributed by atoms with Gasteiger partial charge in [-0.05, 0) is 56.0 Å². The lowest BCUT2D eigenvalue weighted by molar-refractivity contribution is 0.0342. The number of hydrogen-bond acceptors (Lipinski definition) is 6. The first kappa shape index (κ1) is 17.5. The topological polar surface area (TPSA) is 78.1 Å². The molecule has 0 aromatic carbocycles. The van der Waals surface area contributed by atoms with Crippen molar-refractivity contribution in [1.82, 2.24) is 25.4 Å². The van der Waals surface area contributed by atoms with Gasteiger partial charge in [0.1, 0.15) is 11.6 Å². The number of rotatable bonds is 6. The summed E-state index contributed by atoms with van der Waals surface area (Å²) in [7, 11) is 0. The van der Waals surface area contributed by atoms with Crippen molar-refractivity contribution in [3.63, 3.8) is 0 Å². The molecule has 3 N–H and O–H groups in total. The molecule has 2 fully saturated rings. The summed E-state index contributed by atoms with van der Waals surface area (Å²) in [4.78, 5) is 7.31. The van der Waals surface area contributed by atoms with Gasteiger partial charge in [-0.3, -0.25) is 10.00 Å². The number of nitrogens with zero attached hydrogens (tertiary/aromatic N) is 3. The molecule has 26 heavy (non-hydrogen) atoms. The van der Waals surface area contributed by atoms with Crippen LogP contribution in [-0.4, -0.2) is 59.5 Å². The van der Waals surface area contributed by atoms with Crippen LogP contribution in [0.5, 0.6) is 0 Å². The maximum atomic E-state index is 5.47. The third-order valence-corrected chi connectivity index (χ3v) is 5.11. The minimum absolute atomic E-state index is 0.676. The average molecular weight is 356 g/mol. The van der Waals surface area contributed by atoms with Crippen LogP contribution in [0.25, 0.3) is 0 Å². The lowest BCUT2D eigenvalue weighted by Gasteiger charge is -2.27. The summed E-state index contributed by atoms with van der Waals surface area (Å²) in [5.74, 6) is 2.43. The van der Waals surface area contributed by atoms with E-state index in [1.165, 1.54) is 24.1 Å². The highest BCUT2D eigenvalue weighted by Crippen LogP contribution is 2.21. The Hall–Kier alpha value is -1.96. The van der Waals surface area contributed by atoms with E-state index in [9.17, 15) is 0 Å². The van der Waals surface area contributed by atoms with Gasteiger partial charge in [-0.15, -0.1) is 0 Å². The van der Waals surface area contributed by atoms with Gasteiger partial charge in [0.25, 0.3) is 0 Å². The molecule has 0 unspecified atom stereocenters. The first-order valence-electron chi connectivity index (χ1n) is 9.62. The Morgan fingerprint density at radius 1 is 1.27 bits per heavy atom. The van der Waals surface area contributed by atoms with Crippen LogP contribution in [0, 0.1) is 5.92 Å². The molecule has 2 aliphatic rings. The number of aromatic amines is 1. The zero-order valence-electron chi connectivity index (χ0n) is 15.2. The lowest BCUT2D eigenvalue weighted by atomic mass is 9.94. The molecule has 7 nitrogen and oxygen atoms in total. The molecule has 2 aromatic rings. The highest BCUT2D eigenvalue weighted by molar-refractivity contribution is 5.52. The van der Waals surface area contributed by atoms with Crippen molar-refractivity contribution in [1.29, 1.82) is 0 Å². The molecular weight excluding hydrogens is 328 g/mol. The molecule has 0 spiro atoms. The molecule has 0 radical (unpaired) electrons. The number of H-pyrrole nitrogens is 1. The van der Waals surface area contributed by atoms with E-state index in [1.54, 1.807) is 6.20 Å².